The Bertz CT molecular complexity index is 742. The first-order valence-corrected chi connectivity index (χ1v) is 8.28. The molecular weight excluding hydrogens is 364 g/mol. The SMILES string of the molecule is COc1cc(OC)c(/C=N/N=C/c2c(OC)cc(OC)cc2OC)c(OC)c1. The van der Waals surface area contributed by atoms with Gasteiger partial charge >= 0.3 is 0 Å². The Morgan fingerprint density at radius 3 is 1.00 bits per heavy atom. The standard InChI is InChI=1S/C20H24N2O6/c1-23-13-7-17(25-3)15(18(8-13)26-4)11-21-22-12-16-19(27-5)9-14(24-2)10-20(16)28-6/h7-12H,1-6H3/b21-11+,22-12+. The Balaban J connectivity index is 2.36. The van der Waals surface area contributed by atoms with Crippen LogP contribution >= 0.6 is 0 Å². The molecule has 0 fully saturated rings. The van der Waals surface area contributed by atoms with Crippen LogP contribution in [0.5, 0.6) is 34.5 Å². The molecule has 150 valence electrons. The van der Waals surface area contributed by atoms with E-state index in [1.54, 1.807) is 66.9 Å². The van der Waals surface area contributed by atoms with Crippen molar-refractivity contribution in [2.24, 2.45) is 10.2 Å². The molecule has 8 nitrogen and oxygen atoms in total. The van der Waals surface area contributed by atoms with Gasteiger partial charge in [0.15, 0.2) is 0 Å². The third-order valence-electron chi connectivity index (χ3n) is 3.95. The van der Waals surface area contributed by atoms with E-state index < -0.39 is 0 Å². The van der Waals surface area contributed by atoms with Crippen LogP contribution < -0.4 is 28.4 Å². The molecule has 0 bridgehead atoms. The molecule has 8 heteroatoms. The number of ether oxygens (including phenoxy) is 6. The van der Waals surface area contributed by atoms with Gasteiger partial charge in [-0.2, -0.15) is 10.2 Å². The molecule has 0 heterocycles. The summed E-state index contributed by atoms with van der Waals surface area (Å²) >= 11 is 0. The van der Waals surface area contributed by atoms with E-state index in [0.717, 1.165) is 0 Å². The zero-order valence-electron chi connectivity index (χ0n) is 16.8. The Morgan fingerprint density at radius 2 is 0.786 bits per heavy atom. The van der Waals surface area contributed by atoms with E-state index in [0.29, 0.717) is 45.6 Å². The summed E-state index contributed by atoms with van der Waals surface area (Å²) in [7, 11) is 9.37. The molecule has 28 heavy (non-hydrogen) atoms. The first-order chi connectivity index (χ1) is 13.6. The maximum absolute atomic E-state index is 5.39. The number of rotatable bonds is 9. The summed E-state index contributed by atoms with van der Waals surface area (Å²) in [5.41, 5.74) is 1.27. The van der Waals surface area contributed by atoms with Crippen molar-refractivity contribution in [2.45, 2.75) is 0 Å². The van der Waals surface area contributed by atoms with Crippen molar-refractivity contribution in [3.05, 3.63) is 35.4 Å². The van der Waals surface area contributed by atoms with Crippen LogP contribution in [0.3, 0.4) is 0 Å². The van der Waals surface area contributed by atoms with Crippen molar-refractivity contribution in [3.8, 4) is 34.5 Å². The van der Waals surface area contributed by atoms with Crippen LogP contribution in [-0.4, -0.2) is 55.1 Å². The van der Waals surface area contributed by atoms with E-state index in [-0.39, 0.29) is 0 Å². The lowest BCUT2D eigenvalue weighted by Crippen LogP contribution is -1.98. The molecule has 2 rings (SSSR count). The maximum atomic E-state index is 5.39. The second-order valence-electron chi connectivity index (χ2n) is 5.38. The summed E-state index contributed by atoms with van der Waals surface area (Å²) in [6.07, 6.45) is 3.08. The molecule has 0 unspecified atom stereocenters. The molecule has 0 saturated heterocycles. The van der Waals surface area contributed by atoms with Gasteiger partial charge in [-0.25, -0.2) is 0 Å². The van der Waals surface area contributed by atoms with Gasteiger partial charge in [0.25, 0.3) is 0 Å². The van der Waals surface area contributed by atoms with Gasteiger partial charge in [0.05, 0.1) is 66.2 Å². The molecule has 0 amide bonds. The summed E-state index contributed by atoms with van der Waals surface area (Å²) in [4.78, 5) is 0. The number of hydrogen-bond acceptors (Lipinski definition) is 8. The van der Waals surface area contributed by atoms with Crippen molar-refractivity contribution < 1.29 is 28.4 Å². The van der Waals surface area contributed by atoms with Gasteiger partial charge in [-0.1, -0.05) is 0 Å². The maximum Gasteiger partial charge on any atom is 0.135 e. The van der Waals surface area contributed by atoms with Crippen molar-refractivity contribution in [3.63, 3.8) is 0 Å². The minimum Gasteiger partial charge on any atom is -0.496 e. The highest BCUT2D eigenvalue weighted by molar-refractivity contribution is 5.90. The number of benzene rings is 2. The second-order valence-corrected chi connectivity index (χ2v) is 5.38. The highest BCUT2D eigenvalue weighted by Gasteiger charge is 2.12. The van der Waals surface area contributed by atoms with E-state index in [9.17, 15) is 0 Å². The van der Waals surface area contributed by atoms with Gasteiger partial charge in [0, 0.05) is 24.3 Å². The average molecular weight is 388 g/mol. The van der Waals surface area contributed by atoms with Crippen molar-refractivity contribution in [1.82, 2.24) is 0 Å². The van der Waals surface area contributed by atoms with Gasteiger partial charge in [0.1, 0.15) is 34.5 Å². The fourth-order valence-electron chi connectivity index (χ4n) is 2.50. The molecule has 0 aliphatic heterocycles. The predicted molar refractivity (Wildman–Crippen MR) is 107 cm³/mol. The zero-order valence-corrected chi connectivity index (χ0v) is 16.8. The third-order valence-corrected chi connectivity index (χ3v) is 3.95. The molecule has 0 aliphatic rings. The van der Waals surface area contributed by atoms with Crippen molar-refractivity contribution in [1.29, 1.82) is 0 Å². The predicted octanol–water partition coefficient (Wildman–Crippen LogP) is 3.19. The lowest BCUT2D eigenvalue weighted by molar-refractivity contribution is 0.374. The first kappa shape index (κ1) is 20.9. The first-order valence-electron chi connectivity index (χ1n) is 8.28. The number of hydrogen-bond donors (Lipinski definition) is 0. The largest absolute Gasteiger partial charge is 0.496 e. The summed E-state index contributed by atoms with van der Waals surface area (Å²) in [5, 5.41) is 8.21. The number of methoxy groups -OCH3 is 6. The van der Waals surface area contributed by atoms with E-state index in [1.807, 2.05) is 0 Å². The van der Waals surface area contributed by atoms with Crippen LogP contribution in [0.2, 0.25) is 0 Å². The summed E-state index contributed by atoms with van der Waals surface area (Å²) < 4.78 is 32.0. The van der Waals surface area contributed by atoms with Crippen molar-refractivity contribution >= 4 is 12.4 Å². The minimum atomic E-state index is 0.551. The molecule has 0 atom stereocenters. The minimum absolute atomic E-state index is 0.551. The third kappa shape index (κ3) is 4.64. The fourth-order valence-corrected chi connectivity index (χ4v) is 2.50. The van der Waals surface area contributed by atoms with Crippen LogP contribution in [0.25, 0.3) is 0 Å². The Hall–Kier alpha value is -3.42. The zero-order chi connectivity index (χ0) is 20.5. The summed E-state index contributed by atoms with van der Waals surface area (Å²) in [6, 6.07) is 6.96. The van der Waals surface area contributed by atoms with E-state index in [1.165, 1.54) is 12.4 Å². The van der Waals surface area contributed by atoms with Crippen LogP contribution in [-0.2, 0) is 0 Å². The van der Waals surface area contributed by atoms with Gasteiger partial charge in [0.2, 0.25) is 0 Å². The lowest BCUT2D eigenvalue weighted by Gasteiger charge is -2.12. The number of nitrogens with zero attached hydrogens (tertiary/aromatic N) is 2. The second kappa shape index (κ2) is 10.1. The normalized spacial score (nSPS) is 10.9. The Labute approximate surface area is 164 Å². The summed E-state index contributed by atoms with van der Waals surface area (Å²) in [5.74, 6) is 3.43. The van der Waals surface area contributed by atoms with Crippen LogP contribution in [0.1, 0.15) is 11.1 Å². The molecule has 0 radical (unpaired) electrons. The highest BCUT2D eigenvalue weighted by Crippen LogP contribution is 2.34. The quantitative estimate of drug-likeness (QED) is 0.485. The highest BCUT2D eigenvalue weighted by atomic mass is 16.5. The molecular formula is C20H24N2O6. The van der Waals surface area contributed by atoms with Gasteiger partial charge in [-0.3, -0.25) is 0 Å². The molecule has 0 N–H and O–H groups in total. The Kier molecular flexibility index (Phi) is 7.50. The van der Waals surface area contributed by atoms with Crippen LogP contribution in [0, 0.1) is 0 Å². The summed E-state index contributed by atoms with van der Waals surface area (Å²) in [6.45, 7) is 0. The van der Waals surface area contributed by atoms with Crippen LogP contribution in [0.15, 0.2) is 34.5 Å². The monoisotopic (exact) mass is 388 g/mol. The lowest BCUT2D eigenvalue weighted by atomic mass is 10.1. The fraction of sp³-hybridized carbons (Fsp3) is 0.300. The topological polar surface area (TPSA) is 80.1 Å². The Morgan fingerprint density at radius 1 is 0.500 bits per heavy atom. The van der Waals surface area contributed by atoms with E-state index in [4.69, 9.17) is 28.4 Å². The molecule has 0 saturated carbocycles. The van der Waals surface area contributed by atoms with Crippen LogP contribution in [0.4, 0.5) is 0 Å². The van der Waals surface area contributed by atoms with Gasteiger partial charge in [-0.15, -0.1) is 0 Å². The molecule has 0 spiro atoms. The molecule has 0 aromatic heterocycles. The van der Waals surface area contributed by atoms with E-state index >= 15 is 0 Å². The average Bonchev–Trinajstić information content (AvgIpc) is 2.75. The van der Waals surface area contributed by atoms with E-state index in [2.05, 4.69) is 10.2 Å². The molecule has 2 aromatic carbocycles. The van der Waals surface area contributed by atoms with Gasteiger partial charge in [-0.05, 0) is 0 Å². The smallest absolute Gasteiger partial charge is 0.135 e. The van der Waals surface area contributed by atoms with Crippen molar-refractivity contribution in [2.75, 3.05) is 42.7 Å². The molecule has 2 aromatic rings. The van der Waals surface area contributed by atoms with Gasteiger partial charge < -0.3 is 28.4 Å². The molecule has 0 aliphatic carbocycles.